The average Bonchev–Trinajstić information content (AvgIpc) is 3.07. The second kappa shape index (κ2) is 7.70. The highest BCUT2D eigenvalue weighted by molar-refractivity contribution is 6.03. The zero-order chi connectivity index (χ0) is 19.4. The summed E-state index contributed by atoms with van der Waals surface area (Å²) >= 11 is 0. The molecular weight excluding hydrogens is 344 g/mol. The lowest BCUT2D eigenvalue weighted by atomic mass is 9.86. The van der Waals surface area contributed by atoms with Crippen molar-refractivity contribution >= 4 is 17.5 Å². The van der Waals surface area contributed by atoms with E-state index in [2.05, 4.69) is 31.4 Å². The van der Waals surface area contributed by atoms with Crippen molar-refractivity contribution < 1.29 is 19.1 Å². The van der Waals surface area contributed by atoms with E-state index in [0.717, 1.165) is 16.8 Å². The molecule has 0 aromatic heterocycles. The maximum atomic E-state index is 12.3. The molecule has 1 aliphatic rings. The number of carbonyl (C=O) groups is 2. The first-order valence-electron chi connectivity index (χ1n) is 8.87. The lowest BCUT2D eigenvalue weighted by Gasteiger charge is -2.22. The Hall–Kier alpha value is -3.02. The predicted octanol–water partition coefficient (Wildman–Crippen LogP) is 3.36. The fraction of sp³-hybridized carbons (Fsp3) is 0.333. The largest absolute Gasteiger partial charge is 0.454 e. The lowest BCUT2D eigenvalue weighted by Crippen LogP contribution is -2.28. The molecule has 142 valence electrons. The molecule has 2 amide bonds. The zero-order valence-corrected chi connectivity index (χ0v) is 15.8. The van der Waals surface area contributed by atoms with Gasteiger partial charge in [0, 0.05) is 12.2 Å². The Morgan fingerprint density at radius 1 is 1.00 bits per heavy atom. The SMILES string of the molecule is CC(C)(C)c1ccccc1NC(=O)CC(=O)NCc1ccc2c(c1)OCO2. The van der Waals surface area contributed by atoms with Crippen molar-refractivity contribution in [2.24, 2.45) is 0 Å². The number of ether oxygens (including phenoxy) is 2. The number of carbonyl (C=O) groups excluding carboxylic acids is 2. The van der Waals surface area contributed by atoms with Gasteiger partial charge in [0.15, 0.2) is 11.5 Å². The van der Waals surface area contributed by atoms with Crippen LogP contribution in [-0.4, -0.2) is 18.6 Å². The van der Waals surface area contributed by atoms with Gasteiger partial charge in [-0.05, 0) is 34.7 Å². The van der Waals surface area contributed by atoms with Crippen molar-refractivity contribution in [3.63, 3.8) is 0 Å². The van der Waals surface area contributed by atoms with E-state index in [-0.39, 0.29) is 30.4 Å². The molecule has 0 saturated heterocycles. The highest BCUT2D eigenvalue weighted by Gasteiger charge is 2.19. The number of benzene rings is 2. The summed E-state index contributed by atoms with van der Waals surface area (Å²) in [5.74, 6) is 0.688. The first-order chi connectivity index (χ1) is 12.8. The third kappa shape index (κ3) is 4.78. The lowest BCUT2D eigenvalue weighted by molar-refractivity contribution is -0.126. The van der Waals surface area contributed by atoms with Gasteiger partial charge in [0.2, 0.25) is 18.6 Å². The Kier molecular flexibility index (Phi) is 5.35. The third-order valence-electron chi connectivity index (χ3n) is 4.26. The topological polar surface area (TPSA) is 76.7 Å². The second-order valence-corrected chi connectivity index (χ2v) is 7.48. The fourth-order valence-corrected chi connectivity index (χ4v) is 2.90. The van der Waals surface area contributed by atoms with E-state index in [0.29, 0.717) is 18.0 Å². The smallest absolute Gasteiger partial charge is 0.233 e. The second-order valence-electron chi connectivity index (χ2n) is 7.48. The normalized spacial score (nSPS) is 12.6. The van der Waals surface area contributed by atoms with Crippen LogP contribution in [-0.2, 0) is 21.5 Å². The summed E-state index contributed by atoms with van der Waals surface area (Å²) in [6.45, 7) is 6.77. The molecule has 0 radical (unpaired) electrons. The van der Waals surface area contributed by atoms with E-state index >= 15 is 0 Å². The van der Waals surface area contributed by atoms with Gasteiger partial charge in [-0.3, -0.25) is 9.59 Å². The quantitative estimate of drug-likeness (QED) is 0.794. The van der Waals surface area contributed by atoms with Crippen molar-refractivity contribution in [1.82, 2.24) is 5.32 Å². The molecule has 0 atom stereocenters. The van der Waals surface area contributed by atoms with Crippen molar-refractivity contribution in [3.05, 3.63) is 53.6 Å². The minimum atomic E-state index is -0.338. The van der Waals surface area contributed by atoms with E-state index in [1.165, 1.54) is 0 Å². The van der Waals surface area contributed by atoms with E-state index in [9.17, 15) is 9.59 Å². The van der Waals surface area contributed by atoms with Crippen molar-refractivity contribution in [3.8, 4) is 11.5 Å². The Morgan fingerprint density at radius 3 is 2.52 bits per heavy atom. The molecule has 0 spiro atoms. The van der Waals surface area contributed by atoms with E-state index < -0.39 is 0 Å². The fourth-order valence-electron chi connectivity index (χ4n) is 2.90. The van der Waals surface area contributed by atoms with Gasteiger partial charge >= 0.3 is 0 Å². The maximum Gasteiger partial charge on any atom is 0.233 e. The van der Waals surface area contributed by atoms with E-state index in [4.69, 9.17) is 9.47 Å². The van der Waals surface area contributed by atoms with Crippen LogP contribution in [0.5, 0.6) is 11.5 Å². The third-order valence-corrected chi connectivity index (χ3v) is 4.26. The first kappa shape index (κ1) is 18.8. The van der Waals surface area contributed by atoms with Crippen LogP contribution < -0.4 is 20.1 Å². The number of nitrogens with one attached hydrogen (secondary N) is 2. The number of para-hydroxylation sites is 1. The summed E-state index contributed by atoms with van der Waals surface area (Å²) in [5, 5.41) is 5.60. The molecule has 2 aromatic rings. The summed E-state index contributed by atoms with van der Waals surface area (Å²) in [4.78, 5) is 24.4. The minimum Gasteiger partial charge on any atom is -0.454 e. The van der Waals surface area contributed by atoms with Gasteiger partial charge in [-0.15, -0.1) is 0 Å². The zero-order valence-electron chi connectivity index (χ0n) is 15.8. The predicted molar refractivity (Wildman–Crippen MR) is 103 cm³/mol. The van der Waals surface area contributed by atoms with Crippen LogP contribution in [0.4, 0.5) is 5.69 Å². The van der Waals surface area contributed by atoms with Gasteiger partial charge in [-0.25, -0.2) is 0 Å². The molecule has 6 nitrogen and oxygen atoms in total. The summed E-state index contributed by atoms with van der Waals surface area (Å²) < 4.78 is 10.6. The molecule has 1 aliphatic heterocycles. The summed E-state index contributed by atoms with van der Waals surface area (Å²) in [5.41, 5.74) is 2.54. The molecule has 0 saturated carbocycles. The Labute approximate surface area is 158 Å². The summed E-state index contributed by atoms with van der Waals surface area (Å²) in [7, 11) is 0. The van der Waals surface area contributed by atoms with Gasteiger partial charge in [-0.2, -0.15) is 0 Å². The molecule has 0 aliphatic carbocycles. The van der Waals surface area contributed by atoms with E-state index in [1.54, 1.807) is 6.07 Å². The maximum absolute atomic E-state index is 12.3. The van der Waals surface area contributed by atoms with Crippen molar-refractivity contribution in [2.75, 3.05) is 12.1 Å². The number of hydrogen-bond acceptors (Lipinski definition) is 4. The van der Waals surface area contributed by atoms with Crippen LogP contribution >= 0.6 is 0 Å². The molecule has 0 fully saturated rings. The van der Waals surface area contributed by atoms with Crippen LogP contribution in [0.15, 0.2) is 42.5 Å². The van der Waals surface area contributed by atoms with Crippen molar-refractivity contribution in [1.29, 1.82) is 0 Å². The number of hydrogen-bond donors (Lipinski definition) is 2. The molecule has 3 rings (SSSR count). The highest BCUT2D eigenvalue weighted by Crippen LogP contribution is 2.32. The monoisotopic (exact) mass is 368 g/mol. The van der Waals surface area contributed by atoms with Crippen LogP contribution in [0.3, 0.4) is 0 Å². The van der Waals surface area contributed by atoms with Gasteiger partial charge in [0.1, 0.15) is 6.42 Å². The number of amides is 2. The van der Waals surface area contributed by atoms with Crippen molar-refractivity contribution in [2.45, 2.75) is 39.2 Å². The molecular formula is C21H24N2O4. The Balaban J connectivity index is 1.53. The van der Waals surface area contributed by atoms with Gasteiger partial charge in [0.25, 0.3) is 0 Å². The van der Waals surface area contributed by atoms with Crippen LogP contribution in [0, 0.1) is 0 Å². The molecule has 0 unspecified atom stereocenters. The summed E-state index contributed by atoms with van der Waals surface area (Å²) in [6, 6.07) is 13.1. The Bertz CT molecular complexity index is 856. The number of rotatable bonds is 5. The number of anilines is 1. The molecule has 1 heterocycles. The van der Waals surface area contributed by atoms with Crippen LogP contribution in [0.25, 0.3) is 0 Å². The van der Waals surface area contributed by atoms with Crippen LogP contribution in [0.1, 0.15) is 38.3 Å². The van der Waals surface area contributed by atoms with Crippen LogP contribution in [0.2, 0.25) is 0 Å². The molecule has 27 heavy (non-hydrogen) atoms. The number of fused-ring (bicyclic) bond motifs is 1. The molecule has 0 bridgehead atoms. The standard InChI is InChI=1S/C21H24N2O4/c1-21(2,3)15-6-4-5-7-16(15)23-20(25)11-19(24)22-12-14-8-9-17-18(10-14)27-13-26-17/h4-10H,11-13H2,1-3H3,(H,22,24)(H,23,25). The van der Waals surface area contributed by atoms with Gasteiger partial charge < -0.3 is 20.1 Å². The summed E-state index contributed by atoms with van der Waals surface area (Å²) in [6.07, 6.45) is -0.233. The molecule has 2 N–H and O–H groups in total. The Morgan fingerprint density at radius 2 is 1.74 bits per heavy atom. The van der Waals surface area contributed by atoms with E-state index in [1.807, 2.05) is 36.4 Å². The minimum absolute atomic E-state index is 0.106. The first-order valence-corrected chi connectivity index (χ1v) is 8.87. The average molecular weight is 368 g/mol. The highest BCUT2D eigenvalue weighted by atomic mass is 16.7. The molecule has 6 heteroatoms. The van der Waals surface area contributed by atoms with Gasteiger partial charge in [-0.1, -0.05) is 45.0 Å². The van der Waals surface area contributed by atoms with Gasteiger partial charge in [0.05, 0.1) is 0 Å². The molecule has 2 aromatic carbocycles.